The third-order valence-electron chi connectivity index (χ3n) is 2.41. The minimum Gasteiger partial charge on any atom is -0.430 e. The third kappa shape index (κ3) is 5.88. The summed E-state index contributed by atoms with van der Waals surface area (Å²) >= 11 is 0. The fraction of sp³-hybridized carbons (Fsp3) is 0.750. The van der Waals surface area contributed by atoms with Crippen molar-refractivity contribution in [3.05, 3.63) is 12.2 Å². The summed E-state index contributed by atoms with van der Waals surface area (Å²) in [5, 5.41) is 18.6. The van der Waals surface area contributed by atoms with E-state index in [1.54, 1.807) is 13.8 Å². The Morgan fingerprint density at radius 1 is 1.38 bits per heavy atom. The van der Waals surface area contributed by atoms with Crippen molar-refractivity contribution in [2.75, 3.05) is 6.61 Å². The molecular formula is C12H22O4. The fourth-order valence-corrected chi connectivity index (χ4v) is 1.25. The van der Waals surface area contributed by atoms with Crippen molar-refractivity contribution in [3.63, 3.8) is 0 Å². The summed E-state index contributed by atoms with van der Waals surface area (Å²) in [4.78, 5) is 11.3. The molecule has 0 aliphatic heterocycles. The van der Waals surface area contributed by atoms with E-state index in [4.69, 9.17) is 9.84 Å². The van der Waals surface area contributed by atoms with Gasteiger partial charge in [0.25, 0.3) is 0 Å². The van der Waals surface area contributed by atoms with Gasteiger partial charge in [-0.25, -0.2) is 4.79 Å². The molecule has 0 radical (unpaired) electrons. The smallest absolute Gasteiger partial charge is 0.335 e. The van der Waals surface area contributed by atoms with E-state index in [1.165, 1.54) is 0 Å². The Balaban J connectivity index is 4.09. The van der Waals surface area contributed by atoms with Gasteiger partial charge in [0.2, 0.25) is 5.79 Å². The summed E-state index contributed by atoms with van der Waals surface area (Å²) in [5.74, 6) is -1.96. The molecule has 0 spiro atoms. The maximum Gasteiger partial charge on any atom is 0.335 e. The maximum atomic E-state index is 11.3. The number of hydrogen-bond acceptors (Lipinski definition) is 4. The fourth-order valence-electron chi connectivity index (χ4n) is 1.25. The Labute approximate surface area is 96.9 Å². The molecule has 0 aliphatic carbocycles. The second kappa shape index (κ2) is 7.41. The molecule has 0 aliphatic rings. The average molecular weight is 230 g/mol. The second-order valence-electron chi connectivity index (χ2n) is 4.00. The van der Waals surface area contributed by atoms with Crippen LogP contribution in [0.25, 0.3) is 0 Å². The van der Waals surface area contributed by atoms with Gasteiger partial charge in [-0.1, -0.05) is 19.9 Å². The van der Waals surface area contributed by atoms with Gasteiger partial charge in [-0.05, 0) is 19.8 Å². The highest BCUT2D eigenvalue weighted by molar-refractivity contribution is 5.87. The van der Waals surface area contributed by atoms with E-state index in [9.17, 15) is 9.90 Å². The molecule has 0 saturated heterocycles. The quantitative estimate of drug-likeness (QED) is 0.288. The number of ether oxygens (including phenoxy) is 1. The van der Waals surface area contributed by atoms with Gasteiger partial charge in [-0.15, -0.1) is 0 Å². The van der Waals surface area contributed by atoms with E-state index in [0.717, 1.165) is 6.42 Å². The van der Waals surface area contributed by atoms with Crippen LogP contribution in [-0.4, -0.2) is 28.6 Å². The largest absolute Gasteiger partial charge is 0.430 e. The first-order valence-electron chi connectivity index (χ1n) is 5.67. The normalized spacial score (nSPS) is 14.2. The number of aliphatic hydroxyl groups is 2. The summed E-state index contributed by atoms with van der Waals surface area (Å²) in [6.07, 6.45) is 2.97. The molecule has 16 heavy (non-hydrogen) atoms. The van der Waals surface area contributed by atoms with Crippen molar-refractivity contribution < 1.29 is 19.7 Å². The number of esters is 1. The van der Waals surface area contributed by atoms with Crippen molar-refractivity contribution in [1.82, 2.24) is 0 Å². The molecule has 94 valence electrons. The molecule has 0 aromatic rings. The van der Waals surface area contributed by atoms with Crippen molar-refractivity contribution in [2.45, 2.75) is 51.7 Å². The Hall–Kier alpha value is -0.870. The van der Waals surface area contributed by atoms with Crippen molar-refractivity contribution in [1.29, 1.82) is 0 Å². The molecule has 0 heterocycles. The van der Waals surface area contributed by atoms with Gasteiger partial charge in [0, 0.05) is 25.0 Å². The topological polar surface area (TPSA) is 66.8 Å². The number of carbonyl (C=O) groups excluding carboxylic acids is 1. The van der Waals surface area contributed by atoms with E-state index >= 15 is 0 Å². The highest BCUT2D eigenvalue weighted by Crippen LogP contribution is 2.21. The number of rotatable bonds is 8. The van der Waals surface area contributed by atoms with E-state index in [-0.39, 0.29) is 12.2 Å². The maximum absolute atomic E-state index is 11.3. The third-order valence-corrected chi connectivity index (χ3v) is 2.41. The highest BCUT2D eigenvalue weighted by Gasteiger charge is 2.28. The zero-order valence-electron chi connectivity index (χ0n) is 10.2. The average Bonchev–Trinajstić information content (AvgIpc) is 2.24. The lowest BCUT2D eigenvalue weighted by molar-refractivity contribution is -0.209. The molecule has 1 unspecified atom stereocenters. The van der Waals surface area contributed by atoms with E-state index in [0.29, 0.717) is 25.7 Å². The minimum atomic E-state index is -1.40. The summed E-state index contributed by atoms with van der Waals surface area (Å²) in [6.45, 7) is 6.92. The number of carbonyl (C=O) groups is 1. The van der Waals surface area contributed by atoms with E-state index < -0.39 is 11.8 Å². The van der Waals surface area contributed by atoms with E-state index in [1.807, 2.05) is 0 Å². The highest BCUT2D eigenvalue weighted by atomic mass is 16.7. The summed E-state index contributed by atoms with van der Waals surface area (Å²) in [7, 11) is 0. The zero-order valence-corrected chi connectivity index (χ0v) is 10.2. The number of aliphatic hydroxyl groups excluding tert-OH is 1. The van der Waals surface area contributed by atoms with Crippen molar-refractivity contribution in [2.24, 2.45) is 0 Å². The number of unbranched alkanes of at least 4 members (excludes halogenated alkanes) is 2. The Bertz CT molecular complexity index is 237. The lowest BCUT2D eigenvalue weighted by atomic mass is 10.0. The van der Waals surface area contributed by atoms with Crippen LogP contribution in [0.1, 0.15) is 46.0 Å². The van der Waals surface area contributed by atoms with Gasteiger partial charge in [-0.3, -0.25) is 0 Å². The van der Waals surface area contributed by atoms with E-state index in [2.05, 4.69) is 6.58 Å². The van der Waals surface area contributed by atoms with Crippen molar-refractivity contribution >= 4 is 5.97 Å². The molecule has 0 saturated carbocycles. The first kappa shape index (κ1) is 15.1. The lowest BCUT2D eigenvalue weighted by Crippen LogP contribution is -2.34. The monoisotopic (exact) mass is 230 g/mol. The second-order valence-corrected chi connectivity index (χ2v) is 4.00. The molecule has 2 N–H and O–H groups in total. The summed E-state index contributed by atoms with van der Waals surface area (Å²) < 4.78 is 4.98. The molecular weight excluding hydrogens is 208 g/mol. The molecule has 4 nitrogen and oxygen atoms in total. The van der Waals surface area contributed by atoms with Crippen LogP contribution in [0.15, 0.2) is 12.2 Å². The first-order chi connectivity index (χ1) is 7.45. The van der Waals surface area contributed by atoms with Crippen LogP contribution in [0.3, 0.4) is 0 Å². The minimum absolute atomic E-state index is 0.149. The molecule has 4 heteroatoms. The molecule has 0 rings (SSSR count). The predicted octanol–water partition coefficient (Wildman–Crippen LogP) is 1.76. The van der Waals surface area contributed by atoms with Crippen LogP contribution in [-0.2, 0) is 9.53 Å². The van der Waals surface area contributed by atoms with Gasteiger partial charge in [-0.2, -0.15) is 0 Å². The van der Waals surface area contributed by atoms with Crippen LogP contribution in [0.5, 0.6) is 0 Å². The van der Waals surface area contributed by atoms with Crippen LogP contribution < -0.4 is 0 Å². The molecule has 0 bridgehead atoms. The lowest BCUT2D eigenvalue weighted by Gasteiger charge is -2.26. The summed E-state index contributed by atoms with van der Waals surface area (Å²) in [6, 6.07) is 0. The van der Waals surface area contributed by atoms with Gasteiger partial charge >= 0.3 is 5.97 Å². The number of hydrogen-bond donors (Lipinski definition) is 2. The molecule has 0 amide bonds. The van der Waals surface area contributed by atoms with Crippen LogP contribution >= 0.6 is 0 Å². The SMILES string of the molecule is C=C(C)C(=O)OC(O)(CC)CCCCCO. The van der Waals surface area contributed by atoms with Gasteiger partial charge in [0.05, 0.1) is 0 Å². The first-order valence-corrected chi connectivity index (χ1v) is 5.67. The van der Waals surface area contributed by atoms with Crippen molar-refractivity contribution in [3.8, 4) is 0 Å². The Morgan fingerprint density at radius 2 is 2.00 bits per heavy atom. The molecule has 0 aromatic carbocycles. The Morgan fingerprint density at radius 3 is 2.44 bits per heavy atom. The molecule has 1 atom stereocenters. The molecule has 0 aromatic heterocycles. The predicted molar refractivity (Wildman–Crippen MR) is 61.7 cm³/mol. The van der Waals surface area contributed by atoms with Crippen LogP contribution in [0, 0.1) is 0 Å². The standard InChI is InChI=1S/C12H22O4/c1-4-12(15,8-6-5-7-9-13)16-11(14)10(2)3/h13,15H,2,4-9H2,1,3H3. The summed E-state index contributed by atoms with van der Waals surface area (Å²) in [5.41, 5.74) is 0.280. The van der Waals surface area contributed by atoms with Gasteiger partial charge < -0.3 is 14.9 Å². The van der Waals surface area contributed by atoms with Gasteiger partial charge in [0.1, 0.15) is 0 Å². The zero-order chi connectivity index (χ0) is 12.6. The van der Waals surface area contributed by atoms with Crippen LogP contribution in [0.4, 0.5) is 0 Å². The Kier molecular flexibility index (Phi) is 7.01. The molecule has 0 fully saturated rings. The van der Waals surface area contributed by atoms with Gasteiger partial charge in [0.15, 0.2) is 0 Å². The van der Waals surface area contributed by atoms with Crippen LogP contribution in [0.2, 0.25) is 0 Å².